The van der Waals surface area contributed by atoms with Crippen LogP contribution in [0.2, 0.25) is 0 Å². The Kier molecular flexibility index (Phi) is 5.91. The van der Waals surface area contributed by atoms with Crippen LogP contribution in [0.3, 0.4) is 0 Å². The molecule has 0 radical (unpaired) electrons. The Bertz CT molecular complexity index is 717. The number of nitrogens with zero attached hydrogens (tertiary/aromatic N) is 1. The standard InChI is InChI=1S/C16H23N3O3S.ClH/c1-11-8-13-9-15(5-6-16(13)19(11)12(2)20)23(21,22)18-10-14-4-3-7-17-14;/h5-6,9,11,14,17-18H,3-4,7-8,10H2,1-2H3;1H. The van der Waals surface area contributed by atoms with Crippen molar-refractivity contribution >= 4 is 34.0 Å². The first-order valence-electron chi connectivity index (χ1n) is 8.04. The molecule has 2 atom stereocenters. The lowest BCUT2D eigenvalue weighted by Gasteiger charge is -2.20. The fourth-order valence-electron chi connectivity index (χ4n) is 3.48. The summed E-state index contributed by atoms with van der Waals surface area (Å²) in [5, 5.41) is 3.28. The van der Waals surface area contributed by atoms with Crippen LogP contribution in [0.1, 0.15) is 32.3 Å². The molecule has 6 nitrogen and oxygen atoms in total. The maximum Gasteiger partial charge on any atom is 0.240 e. The number of amides is 1. The molecule has 2 heterocycles. The Labute approximate surface area is 149 Å². The third-order valence-electron chi connectivity index (χ3n) is 4.60. The number of carbonyl (C=O) groups excluding carboxylic acids is 1. The van der Waals surface area contributed by atoms with Crippen molar-refractivity contribution in [2.24, 2.45) is 0 Å². The van der Waals surface area contributed by atoms with E-state index in [1.165, 1.54) is 6.92 Å². The molecule has 1 fully saturated rings. The SMILES string of the molecule is CC(=O)N1c2ccc(S(=O)(=O)NCC3CCCN3)cc2CC1C.Cl. The van der Waals surface area contributed by atoms with E-state index < -0.39 is 10.0 Å². The van der Waals surface area contributed by atoms with Gasteiger partial charge in [0, 0.05) is 31.2 Å². The van der Waals surface area contributed by atoms with Crippen LogP contribution < -0.4 is 14.9 Å². The number of rotatable bonds is 4. The molecule has 0 spiro atoms. The first-order chi connectivity index (χ1) is 10.9. The Balaban J connectivity index is 0.00000208. The second-order valence-electron chi connectivity index (χ2n) is 6.38. The average Bonchev–Trinajstić information content (AvgIpc) is 3.10. The van der Waals surface area contributed by atoms with Gasteiger partial charge in [-0.2, -0.15) is 0 Å². The quantitative estimate of drug-likeness (QED) is 0.837. The highest BCUT2D eigenvalue weighted by Crippen LogP contribution is 2.33. The van der Waals surface area contributed by atoms with Gasteiger partial charge in [-0.3, -0.25) is 4.79 Å². The van der Waals surface area contributed by atoms with Gasteiger partial charge in [0.25, 0.3) is 0 Å². The highest BCUT2D eigenvalue weighted by molar-refractivity contribution is 7.89. The van der Waals surface area contributed by atoms with E-state index in [0.717, 1.165) is 30.6 Å². The number of fused-ring (bicyclic) bond motifs is 1. The number of hydrogen-bond donors (Lipinski definition) is 2. The lowest BCUT2D eigenvalue weighted by Crippen LogP contribution is -2.37. The van der Waals surface area contributed by atoms with Gasteiger partial charge in [-0.25, -0.2) is 13.1 Å². The van der Waals surface area contributed by atoms with Crippen LogP contribution in [0.4, 0.5) is 5.69 Å². The van der Waals surface area contributed by atoms with Crippen molar-refractivity contribution in [1.29, 1.82) is 0 Å². The van der Waals surface area contributed by atoms with Crippen molar-refractivity contribution in [3.63, 3.8) is 0 Å². The molecule has 1 saturated heterocycles. The summed E-state index contributed by atoms with van der Waals surface area (Å²) in [5.74, 6) is -0.0164. The van der Waals surface area contributed by atoms with E-state index in [2.05, 4.69) is 10.0 Å². The summed E-state index contributed by atoms with van der Waals surface area (Å²) in [5.41, 5.74) is 1.73. The molecule has 0 saturated carbocycles. The van der Waals surface area contributed by atoms with E-state index in [-0.39, 0.29) is 35.3 Å². The molecule has 2 aliphatic heterocycles. The third kappa shape index (κ3) is 3.74. The van der Waals surface area contributed by atoms with Crippen LogP contribution >= 0.6 is 12.4 Å². The molecule has 0 aliphatic carbocycles. The summed E-state index contributed by atoms with van der Waals surface area (Å²) in [6.45, 7) is 4.87. The van der Waals surface area contributed by atoms with Gasteiger partial charge < -0.3 is 10.2 Å². The highest BCUT2D eigenvalue weighted by atomic mass is 35.5. The Morgan fingerprint density at radius 3 is 2.79 bits per heavy atom. The average molecular weight is 374 g/mol. The minimum absolute atomic E-state index is 0. The van der Waals surface area contributed by atoms with E-state index >= 15 is 0 Å². The second kappa shape index (κ2) is 7.39. The van der Waals surface area contributed by atoms with Gasteiger partial charge in [-0.05, 0) is 56.5 Å². The van der Waals surface area contributed by atoms with Crippen LogP contribution in [-0.4, -0.2) is 39.5 Å². The predicted octanol–water partition coefficient (Wildman–Crippen LogP) is 1.44. The maximum atomic E-state index is 12.5. The van der Waals surface area contributed by atoms with Crippen LogP contribution in [0.15, 0.2) is 23.1 Å². The highest BCUT2D eigenvalue weighted by Gasteiger charge is 2.30. The van der Waals surface area contributed by atoms with Crippen molar-refractivity contribution in [3.05, 3.63) is 23.8 Å². The van der Waals surface area contributed by atoms with Crippen molar-refractivity contribution in [3.8, 4) is 0 Å². The predicted molar refractivity (Wildman–Crippen MR) is 96.2 cm³/mol. The zero-order valence-corrected chi connectivity index (χ0v) is 15.5. The summed E-state index contributed by atoms with van der Waals surface area (Å²) in [4.78, 5) is 13.7. The zero-order chi connectivity index (χ0) is 16.6. The number of benzene rings is 1. The Morgan fingerprint density at radius 2 is 2.17 bits per heavy atom. The summed E-state index contributed by atoms with van der Waals surface area (Å²) >= 11 is 0. The summed E-state index contributed by atoms with van der Waals surface area (Å²) in [6, 6.07) is 5.29. The van der Waals surface area contributed by atoms with E-state index in [1.54, 1.807) is 23.1 Å². The molecule has 1 aromatic rings. The molecule has 134 valence electrons. The van der Waals surface area contributed by atoms with Crippen LogP contribution in [0, 0.1) is 0 Å². The second-order valence-corrected chi connectivity index (χ2v) is 8.14. The number of nitrogens with one attached hydrogen (secondary N) is 2. The van der Waals surface area contributed by atoms with E-state index in [1.807, 2.05) is 6.92 Å². The molecule has 2 N–H and O–H groups in total. The van der Waals surface area contributed by atoms with Gasteiger partial charge in [0.2, 0.25) is 15.9 Å². The third-order valence-corrected chi connectivity index (χ3v) is 6.02. The van der Waals surface area contributed by atoms with Crippen LogP contribution in [0.25, 0.3) is 0 Å². The normalized spacial score (nSPS) is 23.0. The van der Waals surface area contributed by atoms with Gasteiger partial charge in [-0.15, -0.1) is 12.4 Å². The fraction of sp³-hybridized carbons (Fsp3) is 0.562. The molecule has 24 heavy (non-hydrogen) atoms. The maximum absolute atomic E-state index is 12.5. The Hall–Kier alpha value is -1.15. The van der Waals surface area contributed by atoms with Gasteiger partial charge in [0.05, 0.1) is 4.90 Å². The lowest BCUT2D eigenvalue weighted by molar-refractivity contribution is -0.116. The summed E-state index contributed by atoms with van der Waals surface area (Å²) in [6.07, 6.45) is 2.77. The van der Waals surface area contributed by atoms with Gasteiger partial charge in [0.1, 0.15) is 0 Å². The van der Waals surface area contributed by atoms with Crippen LogP contribution in [0.5, 0.6) is 0 Å². The van der Waals surface area contributed by atoms with Crippen molar-refractivity contribution in [2.45, 2.75) is 50.1 Å². The molecule has 3 rings (SSSR count). The molecular weight excluding hydrogens is 350 g/mol. The molecule has 2 aliphatic rings. The summed E-state index contributed by atoms with van der Waals surface area (Å²) in [7, 11) is -3.52. The first-order valence-corrected chi connectivity index (χ1v) is 9.52. The van der Waals surface area contributed by atoms with Crippen molar-refractivity contribution < 1.29 is 13.2 Å². The number of carbonyl (C=O) groups is 1. The van der Waals surface area contributed by atoms with Gasteiger partial charge in [-0.1, -0.05) is 0 Å². The molecule has 8 heteroatoms. The lowest BCUT2D eigenvalue weighted by atomic mass is 10.1. The smallest absolute Gasteiger partial charge is 0.240 e. The van der Waals surface area contributed by atoms with E-state index in [9.17, 15) is 13.2 Å². The van der Waals surface area contributed by atoms with Gasteiger partial charge in [0.15, 0.2) is 0 Å². The largest absolute Gasteiger partial charge is 0.313 e. The number of halogens is 1. The molecular formula is C16H24ClN3O3S. The van der Waals surface area contributed by atoms with Crippen LogP contribution in [-0.2, 0) is 21.2 Å². The molecule has 0 bridgehead atoms. The zero-order valence-electron chi connectivity index (χ0n) is 13.9. The fourth-order valence-corrected chi connectivity index (χ4v) is 4.61. The molecule has 1 amide bonds. The number of hydrogen-bond acceptors (Lipinski definition) is 4. The number of anilines is 1. The monoisotopic (exact) mass is 373 g/mol. The van der Waals surface area contributed by atoms with E-state index in [0.29, 0.717) is 13.0 Å². The molecule has 1 aromatic carbocycles. The molecule has 2 unspecified atom stereocenters. The number of sulfonamides is 1. The topological polar surface area (TPSA) is 78.5 Å². The van der Waals surface area contributed by atoms with Gasteiger partial charge >= 0.3 is 0 Å². The Morgan fingerprint density at radius 1 is 1.42 bits per heavy atom. The minimum Gasteiger partial charge on any atom is -0.313 e. The van der Waals surface area contributed by atoms with Crippen molar-refractivity contribution in [2.75, 3.05) is 18.0 Å². The minimum atomic E-state index is -3.52. The summed E-state index contributed by atoms with van der Waals surface area (Å²) < 4.78 is 27.6. The van der Waals surface area contributed by atoms with E-state index in [4.69, 9.17) is 0 Å². The molecule has 0 aromatic heterocycles. The van der Waals surface area contributed by atoms with Crippen molar-refractivity contribution in [1.82, 2.24) is 10.0 Å². The first kappa shape index (κ1) is 19.2.